The molecule has 1 amide bonds. The maximum atomic E-state index is 12.1. The zero-order chi connectivity index (χ0) is 14.0. The van der Waals surface area contributed by atoms with Crippen LogP contribution in [0.1, 0.15) is 19.3 Å². The van der Waals surface area contributed by atoms with Gasteiger partial charge in [-0.15, -0.1) is 0 Å². The lowest BCUT2D eigenvalue weighted by molar-refractivity contribution is -0.147. The normalized spacial score (nSPS) is 32.9. The van der Waals surface area contributed by atoms with Crippen molar-refractivity contribution in [3.8, 4) is 0 Å². The lowest BCUT2D eigenvalue weighted by atomic mass is 9.82. The zero-order valence-electron chi connectivity index (χ0n) is 10.4. The minimum atomic E-state index is -3.05. The fourth-order valence-corrected chi connectivity index (χ4v) is 4.27. The molecule has 1 saturated heterocycles. The zero-order valence-corrected chi connectivity index (χ0v) is 11.2. The molecule has 0 bridgehead atoms. The maximum absolute atomic E-state index is 12.1. The fraction of sp³-hybridized carbons (Fsp3) is 0.667. The molecule has 1 aliphatic carbocycles. The number of aliphatic carboxylic acids is 1. The molecule has 0 unspecified atom stereocenters. The second-order valence-corrected chi connectivity index (χ2v) is 7.33. The predicted octanol–water partition coefficient (Wildman–Crippen LogP) is -0.0433. The Morgan fingerprint density at radius 2 is 1.79 bits per heavy atom. The molecular formula is C12H17NO5S. The van der Waals surface area contributed by atoms with Crippen LogP contribution in [0.3, 0.4) is 0 Å². The molecule has 7 heteroatoms. The summed E-state index contributed by atoms with van der Waals surface area (Å²) in [7, 11) is -3.05. The molecule has 106 valence electrons. The molecule has 0 aromatic carbocycles. The summed E-state index contributed by atoms with van der Waals surface area (Å²) in [6.07, 6.45) is 4.71. The van der Waals surface area contributed by atoms with Crippen LogP contribution in [-0.2, 0) is 19.4 Å². The van der Waals surface area contributed by atoms with E-state index in [1.54, 1.807) is 12.2 Å². The third-order valence-electron chi connectivity index (χ3n) is 3.67. The van der Waals surface area contributed by atoms with Crippen LogP contribution in [0.5, 0.6) is 0 Å². The number of carboxylic acid groups (broad SMARTS) is 1. The van der Waals surface area contributed by atoms with Crippen molar-refractivity contribution in [2.45, 2.75) is 25.3 Å². The van der Waals surface area contributed by atoms with Crippen LogP contribution in [0.2, 0.25) is 0 Å². The number of carbonyl (C=O) groups is 2. The van der Waals surface area contributed by atoms with Gasteiger partial charge in [0.1, 0.15) is 0 Å². The van der Waals surface area contributed by atoms with E-state index >= 15 is 0 Å². The average molecular weight is 287 g/mol. The molecule has 0 aromatic rings. The van der Waals surface area contributed by atoms with Crippen molar-refractivity contribution < 1.29 is 23.1 Å². The Morgan fingerprint density at radius 3 is 2.32 bits per heavy atom. The Balaban J connectivity index is 1.99. The number of carboxylic acids is 1. The largest absolute Gasteiger partial charge is 0.481 e. The topological polar surface area (TPSA) is 101 Å². The van der Waals surface area contributed by atoms with Crippen LogP contribution in [-0.4, -0.2) is 42.9 Å². The van der Waals surface area contributed by atoms with Crippen LogP contribution in [0, 0.1) is 11.8 Å². The van der Waals surface area contributed by atoms with Crippen LogP contribution < -0.4 is 5.32 Å². The smallest absolute Gasteiger partial charge is 0.307 e. The Kier molecular flexibility index (Phi) is 3.93. The van der Waals surface area contributed by atoms with Crippen LogP contribution in [0.4, 0.5) is 0 Å². The Morgan fingerprint density at radius 1 is 1.16 bits per heavy atom. The summed E-state index contributed by atoms with van der Waals surface area (Å²) >= 11 is 0. The second-order valence-electron chi connectivity index (χ2n) is 5.10. The van der Waals surface area contributed by atoms with E-state index in [9.17, 15) is 18.0 Å². The summed E-state index contributed by atoms with van der Waals surface area (Å²) in [4.78, 5) is 23.2. The minimum Gasteiger partial charge on any atom is -0.481 e. The average Bonchev–Trinajstić information content (AvgIpc) is 2.68. The lowest BCUT2D eigenvalue weighted by Crippen LogP contribution is -2.43. The van der Waals surface area contributed by atoms with Gasteiger partial charge in [0.15, 0.2) is 9.84 Å². The van der Waals surface area contributed by atoms with Gasteiger partial charge >= 0.3 is 5.97 Å². The highest BCUT2D eigenvalue weighted by molar-refractivity contribution is 7.91. The Bertz CT molecular complexity index is 510. The molecule has 0 aromatic heterocycles. The number of rotatable bonds is 3. The van der Waals surface area contributed by atoms with E-state index in [-0.39, 0.29) is 23.5 Å². The standard InChI is InChI=1S/C12H17NO5S/c14-11(13-8-5-6-19(17,18)7-8)9-3-1-2-4-10(9)12(15)16/h1-2,8-10H,3-7H2,(H,13,14)(H,15,16)/t8-,9-,10-/m0/s1. The lowest BCUT2D eigenvalue weighted by Gasteiger charge is -2.25. The van der Waals surface area contributed by atoms with Gasteiger partial charge in [-0.3, -0.25) is 9.59 Å². The van der Waals surface area contributed by atoms with E-state index in [4.69, 9.17) is 5.11 Å². The van der Waals surface area contributed by atoms with Crippen LogP contribution in [0.15, 0.2) is 12.2 Å². The summed E-state index contributed by atoms with van der Waals surface area (Å²) in [6, 6.07) is -0.377. The van der Waals surface area contributed by atoms with Crippen molar-refractivity contribution in [1.82, 2.24) is 5.32 Å². The second kappa shape index (κ2) is 5.32. The maximum Gasteiger partial charge on any atom is 0.307 e. The number of nitrogens with one attached hydrogen (secondary N) is 1. The molecule has 2 aliphatic rings. The van der Waals surface area contributed by atoms with E-state index < -0.39 is 27.6 Å². The molecule has 3 atom stereocenters. The molecule has 0 radical (unpaired) electrons. The first-order valence-corrected chi connectivity index (χ1v) is 8.10. The van der Waals surface area contributed by atoms with Gasteiger partial charge in [0, 0.05) is 6.04 Å². The Labute approximate surface area is 111 Å². The van der Waals surface area contributed by atoms with Gasteiger partial charge in [0.05, 0.1) is 23.3 Å². The quantitative estimate of drug-likeness (QED) is 0.709. The van der Waals surface area contributed by atoms with E-state index in [2.05, 4.69) is 5.32 Å². The summed E-state index contributed by atoms with van der Waals surface area (Å²) in [5.41, 5.74) is 0. The molecule has 2 N–H and O–H groups in total. The number of amides is 1. The highest BCUT2D eigenvalue weighted by Crippen LogP contribution is 2.26. The molecular weight excluding hydrogens is 270 g/mol. The van der Waals surface area contributed by atoms with Crippen LogP contribution in [0.25, 0.3) is 0 Å². The highest BCUT2D eigenvalue weighted by atomic mass is 32.2. The van der Waals surface area contributed by atoms with Gasteiger partial charge < -0.3 is 10.4 Å². The van der Waals surface area contributed by atoms with Crippen molar-refractivity contribution in [2.24, 2.45) is 11.8 Å². The number of carbonyl (C=O) groups excluding carboxylic acids is 1. The molecule has 0 saturated carbocycles. The number of allylic oxidation sites excluding steroid dienone is 2. The molecule has 1 heterocycles. The van der Waals surface area contributed by atoms with Crippen molar-refractivity contribution >= 4 is 21.7 Å². The first-order chi connectivity index (χ1) is 8.89. The van der Waals surface area contributed by atoms with Crippen molar-refractivity contribution in [1.29, 1.82) is 0 Å². The van der Waals surface area contributed by atoms with Gasteiger partial charge in [-0.05, 0) is 19.3 Å². The van der Waals surface area contributed by atoms with Gasteiger partial charge in [-0.1, -0.05) is 12.2 Å². The van der Waals surface area contributed by atoms with E-state index in [0.717, 1.165) is 0 Å². The summed E-state index contributed by atoms with van der Waals surface area (Å²) < 4.78 is 22.6. The van der Waals surface area contributed by atoms with Crippen molar-refractivity contribution in [2.75, 3.05) is 11.5 Å². The number of sulfone groups is 1. The highest BCUT2D eigenvalue weighted by Gasteiger charge is 2.36. The molecule has 2 rings (SSSR count). The monoisotopic (exact) mass is 287 g/mol. The molecule has 1 fully saturated rings. The summed E-state index contributed by atoms with van der Waals surface area (Å²) in [5.74, 6) is -2.61. The van der Waals surface area contributed by atoms with Gasteiger partial charge in [-0.2, -0.15) is 0 Å². The first kappa shape index (κ1) is 14.0. The molecule has 6 nitrogen and oxygen atoms in total. The minimum absolute atomic E-state index is 0.0426. The Hall–Kier alpha value is -1.37. The van der Waals surface area contributed by atoms with Gasteiger partial charge in [-0.25, -0.2) is 8.42 Å². The van der Waals surface area contributed by atoms with E-state index in [0.29, 0.717) is 19.3 Å². The summed E-state index contributed by atoms with van der Waals surface area (Å²) in [6.45, 7) is 0. The molecule has 0 spiro atoms. The molecule has 1 aliphatic heterocycles. The van der Waals surface area contributed by atoms with Gasteiger partial charge in [0.2, 0.25) is 5.91 Å². The molecule has 19 heavy (non-hydrogen) atoms. The van der Waals surface area contributed by atoms with Gasteiger partial charge in [0.25, 0.3) is 0 Å². The fourth-order valence-electron chi connectivity index (χ4n) is 2.59. The first-order valence-electron chi connectivity index (χ1n) is 6.27. The SMILES string of the molecule is O=C(O)[C@H]1CC=CC[C@@H]1C(=O)N[C@H]1CCS(=O)(=O)C1. The summed E-state index contributed by atoms with van der Waals surface area (Å²) in [5, 5.41) is 11.8. The van der Waals surface area contributed by atoms with Crippen molar-refractivity contribution in [3.05, 3.63) is 12.2 Å². The third-order valence-corrected chi connectivity index (χ3v) is 5.43. The third kappa shape index (κ3) is 3.34. The van der Waals surface area contributed by atoms with E-state index in [1.807, 2.05) is 0 Å². The number of hydrogen-bond donors (Lipinski definition) is 2. The number of hydrogen-bond acceptors (Lipinski definition) is 4. The van der Waals surface area contributed by atoms with Crippen molar-refractivity contribution in [3.63, 3.8) is 0 Å². The predicted molar refractivity (Wildman–Crippen MR) is 68.2 cm³/mol. The van der Waals surface area contributed by atoms with Crippen LogP contribution >= 0.6 is 0 Å². The van der Waals surface area contributed by atoms with E-state index in [1.165, 1.54) is 0 Å².